The lowest BCUT2D eigenvalue weighted by atomic mass is 10.1. The largest absolute Gasteiger partial charge is 0.481 e. The van der Waals surface area contributed by atoms with E-state index in [0.717, 1.165) is 13.0 Å². The summed E-state index contributed by atoms with van der Waals surface area (Å²) in [5.74, 6) is -3.64. The monoisotopic (exact) mass is 432 g/mol. The van der Waals surface area contributed by atoms with Crippen LogP contribution in [-0.4, -0.2) is 83.1 Å². The van der Waals surface area contributed by atoms with Gasteiger partial charge in [-0.3, -0.25) is 19.2 Å². The third kappa shape index (κ3) is 9.61. The second-order valence-electron chi connectivity index (χ2n) is 6.60. The quantitative estimate of drug-likeness (QED) is 0.203. The van der Waals surface area contributed by atoms with Gasteiger partial charge in [0.15, 0.2) is 0 Å². The van der Waals surface area contributed by atoms with Crippen molar-refractivity contribution >= 4 is 41.4 Å². The second-order valence-corrected chi connectivity index (χ2v) is 7.59. The van der Waals surface area contributed by atoms with Crippen LogP contribution in [0.5, 0.6) is 0 Å². The summed E-state index contributed by atoms with van der Waals surface area (Å²) in [4.78, 5) is 58.6. The standard InChI is InChI=1S/C17H28N4O7S/c1-29-8-6-12(17(27)28)21-16(26)11(4-5-14(23)24)20-13(22)9-19-15(25)10-3-2-7-18-10/h10-12,18H,2-9H2,1H3,(H,19,25)(H,20,22)(H,21,26)(H,23,24)(H,27,28). The molecule has 0 aromatic carbocycles. The van der Waals surface area contributed by atoms with Crippen molar-refractivity contribution in [3.05, 3.63) is 0 Å². The van der Waals surface area contributed by atoms with Crippen molar-refractivity contribution in [2.24, 2.45) is 0 Å². The van der Waals surface area contributed by atoms with Crippen molar-refractivity contribution in [1.82, 2.24) is 21.3 Å². The van der Waals surface area contributed by atoms with Gasteiger partial charge in [0.25, 0.3) is 0 Å². The van der Waals surface area contributed by atoms with Crippen LogP contribution in [0.15, 0.2) is 0 Å². The number of nitrogens with one attached hydrogen (secondary N) is 4. The molecule has 1 aliphatic heterocycles. The second kappa shape index (κ2) is 13.0. The zero-order valence-electron chi connectivity index (χ0n) is 16.2. The number of hydrogen-bond donors (Lipinski definition) is 6. The van der Waals surface area contributed by atoms with Crippen LogP contribution in [0.3, 0.4) is 0 Å². The molecular weight excluding hydrogens is 404 g/mol. The van der Waals surface area contributed by atoms with Gasteiger partial charge in [0.1, 0.15) is 12.1 Å². The van der Waals surface area contributed by atoms with Crippen molar-refractivity contribution in [3.63, 3.8) is 0 Å². The summed E-state index contributed by atoms with van der Waals surface area (Å²) >= 11 is 1.42. The Morgan fingerprint density at radius 2 is 1.83 bits per heavy atom. The Bertz CT molecular complexity index is 611. The molecule has 1 saturated heterocycles. The number of thioether (sulfide) groups is 1. The van der Waals surface area contributed by atoms with Crippen molar-refractivity contribution in [3.8, 4) is 0 Å². The van der Waals surface area contributed by atoms with E-state index in [2.05, 4.69) is 21.3 Å². The van der Waals surface area contributed by atoms with Crippen LogP contribution in [0.1, 0.15) is 32.1 Å². The van der Waals surface area contributed by atoms with E-state index in [1.54, 1.807) is 6.26 Å². The SMILES string of the molecule is CSCCC(NC(=O)C(CCC(=O)O)NC(=O)CNC(=O)C1CCCN1)C(=O)O. The number of carboxylic acids is 2. The van der Waals surface area contributed by atoms with Gasteiger partial charge in [-0.1, -0.05) is 0 Å². The number of amides is 3. The van der Waals surface area contributed by atoms with Gasteiger partial charge in [0.2, 0.25) is 17.7 Å². The summed E-state index contributed by atoms with van der Waals surface area (Å²) in [6.45, 7) is 0.353. The first kappa shape index (κ1) is 24.7. The van der Waals surface area contributed by atoms with Crippen LogP contribution in [0.25, 0.3) is 0 Å². The summed E-state index contributed by atoms with van der Waals surface area (Å²) in [7, 11) is 0. The number of hydrogen-bond acceptors (Lipinski definition) is 7. The number of aliphatic carboxylic acids is 2. The molecule has 1 heterocycles. The predicted octanol–water partition coefficient (Wildman–Crippen LogP) is -1.47. The fraction of sp³-hybridized carbons (Fsp3) is 0.706. The predicted molar refractivity (Wildman–Crippen MR) is 105 cm³/mol. The van der Waals surface area contributed by atoms with Crippen LogP contribution in [-0.2, 0) is 24.0 Å². The highest BCUT2D eigenvalue weighted by Crippen LogP contribution is 2.05. The molecule has 0 radical (unpaired) electrons. The molecule has 1 rings (SSSR count). The summed E-state index contributed by atoms with van der Waals surface area (Å²) in [6, 6.07) is -2.73. The average Bonchev–Trinajstić information content (AvgIpc) is 3.20. The summed E-state index contributed by atoms with van der Waals surface area (Å²) < 4.78 is 0. The number of carboxylic acid groups (broad SMARTS) is 2. The van der Waals surface area contributed by atoms with E-state index in [1.165, 1.54) is 11.8 Å². The molecule has 0 saturated carbocycles. The molecule has 164 valence electrons. The maximum atomic E-state index is 12.4. The topological polar surface area (TPSA) is 174 Å². The summed E-state index contributed by atoms with van der Waals surface area (Å²) in [5.41, 5.74) is 0. The van der Waals surface area contributed by atoms with Gasteiger partial charge in [-0.25, -0.2) is 4.79 Å². The first-order valence-electron chi connectivity index (χ1n) is 9.29. The molecule has 0 bridgehead atoms. The molecule has 11 nitrogen and oxygen atoms in total. The molecule has 1 fully saturated rings. The van der Waals surface area contributed by atoms with Gasteiger partial charge in [0.05, 0.1) is 12.6 Å². The van der Waals surface area contributed by atoms with Crippen LogP contribution in [0.2, 0.25) is 0 Å². The van der Waals surface area contributed by atoms with E-state index in [-0.39, 0.29) is 37.8 Å². The molecule has 1 aliphatic rings. The third-order valence-electron chi connectivity index (χ3n) is 4.32. The Labute approximate surface area is 172 Å². The normalized spacial score (nSPS) is 17.8. The molecule has 0 aromatic heterocycles. The van der Waals surface area contributed by atoms with Crippen molar-refractivity contribution in [2.75, 3.05) is 25.1 Å². The number of carbonyl (C=O) groups is 5. The lowest BCUT2D eigenvalue weighted by molar-refractivity contribution is -0.143. The Morgan fingerprint density at radius 1 is 1.10 bits per heavy atom. The maximum Gasteiger partial charge on any atom is 0.326 e. The minimum atomic E-state index is -1.23. The van der Waals surface area contributed by atoms with Crippen LogP contribution < -0.4 is 21.3 Å². The highest BCUT2D eigenvalue weighted by molar-refractivity contribution is 7.98. The fourth-order valence-corrected chi connectivity index (χ4v) is 3.22. The molecule has 0 spiro atoms. The smallest absolute Gasteiger partial charge is 0.326 e. The fourth-order valence-electron chi connectivity index (χ4n) is 2.75. The molecule has 3 atom stereocenters. The third-order valence-corrected chi connectivity index (χ3v) is 4.97. The van der Waals surface area contributed by atoms with E-state index in [4.69, 9.17) is 5.11 Å². The van der Waals surface area contributed by atoms with Crippen LogP contribution >= 0.6 is 11.8 Å². The molecule has 6 N–H and O–H groups in total. The lowest BCUT2D eigenvalue weighted by Crippen LogP contribution is -2.53. The van der Waals surface area contributed by atoms with Crippen molar-refractivity contribution < 1.29 is 34.2 Å². The maximum absolute atomic E-state index is 12.4. The number of carbonyl (C=O) groups excluding carboxylic acids is 3. The zero-order chi connectivity index (χ0) is 21.8. The van der Waals surface area contributed by atoms with Crippen molar-refractivity contribution in [1.29, 1.82) is 0 Å². The lowest BCUT2D eigenvalue weighted by Gasteiger charge is -2.21. The minimum absolute atomic E-state index is 0.187. The first-order chi connectivity index (χ1) is 13.7. The summed E-state index contributed by atoms with van der Waals surface area (Å²) in [5, 5.41) is 28.2. The van der Waals surface area contributed by atoms with Gasteiger partial charge in [-0.15, -0.1) is 0 Å². The number of rotatable bonds is 13. The van der Waals surface area contributed by atoms with Crippen LogP contribution in [0, 0.1) is 0 Å². The molecule has 3 amide bonds. The van der Waals surface area contributed by atoms with E-state index in [1.807, 2.05) is 0 Å². The van der Waals surface area contributed by atoms with Gasteiger partial charge < -0.3 is 31.5 Å². The Kier molecular flexibility index (Phi) is 11.1. The molecule has 0 aliphatic carbocycles. The Balaban J connectivity index is 2.63. The minimum Gasteiger partial charge on any atom is -0.481 e. The Hall–Kier alpha value is -2.34. The highest BCUT2D eigenvalue weighted by Gasteiger charge is 2.27. The van der Waals surface area contributed by atoms with Gasteiger partial charge >= 0.3 is 11.9 Å². The molecule has 3 unspecified atom stereocenters. The van der Waals surface area contributed by atoms with E-state index in [9.17, 15) is 29.1 Å². The average molecular weight is 432 g/mol. The van der Waals surface area contributed by atoms with E-state index < -0.39 is 35.8 Å². The zero-order valence-corrected chi connectivity index (χ0v) is 17.0. The van der Waals surface area contributed by atoms with E-state index in [0.29, 0.717) is 12.2 Å². The van der Waals surface area contributed by atoms with Gasteiger partial charge in [0, 0.05) is 6.42 Å². The first-order valence-corrected chi connectivity index (χ1v) is 10.7. The molecule has 29 heavy (non-hydrogen) atoms. The van der Waals surface area contributed by atoms with Crippen LogP contribution in [0.4, 0.5) is 0 Å². The summed E-state index contributed by atoms with van der Waals surface area (Å²) in [6.07, 6.45) is 2.92. The Morgan fingerprint density at radius 3 is 2.38 bits per heavy atom. The molecule has 0 aromatic rings. The van der Waals surface area contributed by atoms with E-state index >= 15 is 0 Å². The van der Waals surface area contributed by atoms with Gasteiger partial charge in [-0.2, -0.15) is 11.8 Å². The van der Waals surface area contributed by atoms with Crippen molar-refractivity contribution in [2.45, 2.75) is 50.2 Å². The molecule has 12 heteroatoms. The molecular formula is C17H28N4O7S. The highest BCUT2D eigenvalue weighted by atomic mass is 32.2. The van der Waals surface area contributed by atoms with Gasteiger partial charge in [-0.05, 0) is 44.2 Å².